The van der Waals surface area contributed by atoms with Crippen molar-refractivity contribution in [2.45, 2.75) is 51.7 Å². The molecule has 0 aliphatic rings. The molecule has 0 aliphatic carbocycles. The van der Waals surface area contributed by atoms with Crippen LogP contribution in [0.25, 0.3) is 21.9 Å². The molecular weight excluding hydrogens is 410 g/mol. The molecule has 0 spiro atoms. The molecule has 0 fully saturated rings. The highest BCUT2D eigenvalue weighted by Crippen LogP contribution is 2.43. The average Bonchev–Trinajstić information content (AvgIpc) is 2.76. The van der Waals surface area contributed by atoms with E-state index in [0.717, 1.165) is 40.3 Å². The number of nitrogens with two attached hydrogens (primary N) is 1. The third-order valence-corrected chi connectivity index (χ3v) is 6.09. The Bertz CT molecular complexity index is 1060. The van der Waals surface area contributed by atoms with Crippen LogP contribution in [0.15, 0.2) is 54.6 Å². The molecule has 5 heteroatoms. The molecule has 164 valence electrons. The third kappa shape index (κ3) is 4.93. The van der Waals surface area contributed by atoms with Crippen molar-refractivity contribution in [3.8, 4) is 11.1 Å². The minimum atomic E-state index is -1.12. The van der Waals surface area contributed by atoms with Gasteiger partial charge in [-0.15, -0.1) is 0 Å². The number of benzene rings is 3. The van der Waals surface area contributed by atoms with Crippen LogP contribution in [0.5, 0.6) is 0 Å². The molecule has 3 aromatic carbocycles. The number of fused-ring (bicyclic) bond motifs is 1. The first-order valence-electron chi connectivity index (χ1n) is 10.8. The highest BCUT2D eigenvalue weighted by Gasteiger charge is 2.34. The zero-order valence-electron chi connectivity index (χ0n) is 18.3. The van der Waals surface area contributed by atoms with Crippen LogP contribution in [-0.2, 0) is 15.1 Å². The zero-order chi connectivity index (χ0) is 22.6. The molecule has 2 atom stereocenters. The summed E-state index contributed by atoms with van der Waals surface area (Å²) in [6, 6.07) is 17.5. The Hall–Kier alpha value is -2.40. The van der Waals surface area contributed by atoms with Crippen LogP contribution in [-0.4, -0.2) is 17.7 Å². The van der Waals surface area contributed by atoms with E-state index in [2.05, 4.69) is 0 Å². The smallest absolute Gasteiger partial charge is 0.337 e. The first-order valence-corrected chi connectivity index (χ1v) is 11.1. The fourth-order valence-corrected chi connectivity index (χ4v) is 3.98. The van der Waals surface area contributed by atoms with Gasteiger partial charge in [0.05, 0.1) is 0 Å². The molecule has 2 unspecified atom stereocenters. The first kappa shape index (κ1) is 23.3. The maximum absolute atomic E-state index is 12.4. The van der Waals surface area contributed by atoms with E-state index in [4.69, 9.17) is 22.1 Å². The van der Waals surface area contributed by atoms with Crippen LogP contribution in [0.2, 0.25) is 5.02 Å². The molecule has 0 bridgehead atoms. The third-order valence-electron chi connectivity index (χ3n) is 5.84. The molecule has 0 amide bonds. The predicted molar refractivity (Wildman–Crippen MR) is 127 cm³/mol. The van der Waals surface area contributed by atoms with E-state index in [9.17, 15) is 9.90 Å². The predicted octanol–water partition coefficient (Wildman–Crippen LogP) is 6.69. The second-order valence-corrected chi connectivity index (χ2v) is 8.59. The molecule has 0 aliphatic heterocycles. The topological polar surface area (TPSA) is 72.5 Å². The summed E-state index contributed by atoms with van der Waals surface area (Å²) in [5.41, 5.74) is 9.14. The van der Waals surface area contributed by atoms with Gasteiger partial charge in [-0.1, -0.05) is 68.3 Å². The normalized spacial score (nSPS) is 14.4. The van der Waals surface area contributed by atoms with Gasteiger partial charge in [0.2, 0.25) is 0 Å². The lowest BCUT2D eigenvalue weighted by atomic mass is 9.79. The molecule has 31 heavy (non-hydrogen) atoms. The zero-order valence-corrected chi connectivity index (χ0v) is 19.1. The Morgan fingerprint density at radius 2 is 1.84 bits per heavy atom. The van der Waals surface area contributed by atoms with Crippen LogP contribution in [0.1, 0.15) is 57.3 Å². The van der Waals surface area contributed by atoms with Gasteiger partial charge < -0.3 is 15.6 Å². The highest BCUT2D eigenvalue weighted by molar-refractivity contribution is 6.30. The minimum absolute atomic E-state index is 0.368. The summed E-state index contributed by atoms with van der Waals surface area (Å²) in [5.74, 6) is -1.02. The fraction of sp³-hybridized carbons (Fsp3) is 0.346. The van der Waals surface area contributed by atoms with Gasteiger partial charge in [0.1, 0.15) is 0 Å². The molecule has 0 saturated heterocycles. The molecule has 0 aromatic heterocycles. The van der Waals surface area contributed by atoms with Crippen LogP contribution in [0.4, 0.5) is 0 Å². The van der Waals surface area contributed by atoms with Crippen LogP contribution < -0.4 is 5.73 Å². The van der Waals surface area contributed by atoms with Gasteiger partial charge in [0, 0.05) is 22.7 Å². The molecule has 3 rings (SSSR count). The lowest BCUT2D eigenvalue weighted by molar-refractivity contribution is -0.151. The van der Waals surface area contributed by atoms with E-state index in [0.29, 0.717) is 23.6 Å². The lowest BCUT2D eigenvalue weighted by Gasteiger charge is -2.31. The number of hydrogen-bond acceptors (Lipinski definition) is 3. The maximum atomic E-state index is 12.4. The summed E-state index contributed by atoms with van der Waals surface area (Å²) in [6.07, 6.45) is 1.24. The quantitative estimate of drug-likeness (QED) is 0.364. The van der Waals surface area contributed by atoms with Crippen molar-refractivity contribution in [3.05, 3.63) is 70.7 Å². The van der Waals surface area contributed by atoms with Crippen molar-refractivity contribution in [3.63, 3.8) is 0 Å². The number of carbonyl (C=O) groups is 1. The van der Waals surface area contributed by atoms with Gasteiger partial charge >= 0.3 is 5.97 Å². The van der Waals surface area contributed by atoms with E-state index in [1.165, 1.54) is 0 Å². The van der Waals surface area contributed by atoms with Crippen LogP contribution >= 0.6 is 11.6 Å². The molecule has 4 nitrogen and oxygen atoms in total. The largest absolute Gasteiger partial charge is 0.479 e. The summed E-state index contributed by atoms with van der Waals surface area (Å²) < 4.78 is 5.96. The Labute approximate surface area is 189 Å². The van der Waals surface area contributed by atoms with E-state index >= 15 is 0 Å². The number of hydrogen-bond donors (Lipinski definition) is 2. The number of halogens is 1. The first-order chi connectivity index (χ1) is 14.8. The van der Waals surface area contributed by atoms with E-state index in [-0.39, 0.29) is 0 Å². The number of aliphatic carboxylic acids is 1. The van der Waals surface area contributed by atoms with Gasteiger partial charge in [-0.3, -0.25) is 0 Å². The van der Waals surface area contributed by atoms with Crippen LogP contribution in [0, 0.1) is 0 Å². The number of carboxylic acids is 1. The molecule has 3 aromatic rings. The van der Waals surface area contributed by atoms with Gasteiger partial charge in [-0.05, 0) is 65.4 Å². The Balaban J connectivity index is 2.42. The van der Waals surface area contributed by atoms with Crippen molar-refractivity contribution in [2.75, 3.05) is 6.61 Å². The maximum Gasteiger partial charge on any atom is 0.337 e. The van der Waals surface area contributed by atoms with Crippen molar-refractivity contribution in [1.82, 2.24) is 0 Å². The molecule has 3 N–H and O–H groups in total. The van der Waals surface area contributed by atoms with Crippen LogP contribution in [0.3, 0.4) is 0 Å². The van der Waals surface area contributed by atoms with Gasteiger partial charge in [0.25, 0.3) is 0 Å². The lowest BCUT2D eigenvalue weighted by Crippen LogP contribution is -2.35. The monoisotopic (exact) mass is 439 g/mol. The van der Waals surface area contributed by atoms with Gasteiger partial charge in [-0.25, -0.2) is 4.79 Å². The summed E-state index contributed by atoms with van der Waals surface area (Å²) >= 11 is 6.14. The highest BCUT2D eigenvalue weighted by atomic mass is 35.5. The second-order valence-electron chi connectivity index (χ2n) is 8.15. The standard InChI is InChI=1S/C26H30ClNO3/c1-4-6-15-31-24(25(29)30)23-21(26(3,28)5-2)16-18-9-7-8-10-20(18)22(23)17-11-13-19(27)14-12-17/h7-14,16,24H,4-6,15,28H2,1-3H3,(H,29,30). The molecule has 0 radical (unpaired) electrons. The number of unbranched alkanes of at least 4 members (excludes halogenated alkanes) is 1. The van der Waals surface area contributed by atoms with Crippen molar-refractivity contribution in [1.29, 1.82) is 0 Å². The van der Waals surface area contributed by atoms with Gasteiger partial charge in [0.15, 0.2) is 6.10 Å². The summed E-state index contributed by atoms with van der Waals surface area (Å²) in [5, 5.41) is 12.8. The molecular formula is C26H30ClNO3. The minimum Gasteiger partial charge on any atom is -0.479 e. The van der Waals surface area contributed by atoms with Gasteiger partial charge in [-0.2, -0.15) is 0 Å². The Kier molecular flexibility index (Phi) is 7.37. The fourth-order valence-electron chi connectivity index (χ4n) is 3.85. The second kappa shape index (κ2) is 9.82. The van der Waals surface area contributed by atoms with Crippen molar-refractivity contribution < 1.29 is 14.6 Å². The Morgan fingerprint density at radius 3 is 2.45 bits per heavy atom. The summed E-state index contributed by atoms with van der Waals surface area (Å²) in [4.78, 5) is 12.4. The Morgan fingerprint density at radius 1 is 1.16 bits per heavy atom. The van der Waals surface area contributed by atoms with E-state index < -0.39 is 17.6 Å². The summed E-state index contributed by atoms with van der Waals surface area (Å²) in [7, 11) is 0. The van der Waals surface area contributed by atoms with Crippen molar-refractivity contribution in [2.24, 2.45) is 5.73 Å². The molecule has 0 heterocycles. The average molecular weight is 440 g/mol. The molecule has 0 saturated carbocycles. The van der Waals surface area contributed by atoms with E-state index in [1.807, 2.05) is 75.4 Å². The van der Waals surface area contributed by atoms with Crippen molar-refractivity contribution >= 4 is 28.3 Å². The SMILES string of the molecule is CCCCOC(C(=O)O)c1c(C(C)(N)CC)cc2ccccc2c1-c1ccc(Cl)cc1. The number of rotatable bonds is 9. The summed E-state index contributed by atoms with van der Waals surface area (Å²) in [6.45, 7) is 6.37. The number of ether oxygens (including phenoxy) is 1. The van der Waals surface area contributed by atoms with E-state index in [1.54, 1.807) is 0 Å². The number of carboxylic acid groups (broad SMARTS) is 1.